The fourth-order valence-electron chi connectivity index (χ4n) is 1.80. The molecule has 0 aromatic carbocycles. The molecule has 0 aliphatic carbocycles. The molecule has 0 saturated carbocycles. The number of ether oxygens (including phenoxy) is 2. The summed E-state index contributed by atoms with van der Waals surface area (Å²) in [5.74, 6) is 0.151. The summed E-state index contributed by atoms with van der Waals surface area (Å²) in [4.78, 5) is 14.9. The van der Waals surface area contributed by atoms with E-state index in [4.69, 9.17) is 9.47 Å². The first kappa shape index (κ1) is 29.0. The van der Waals surface area contributed by atoms with Crippen LogP contribution in [0.2, 0.25) is 0 Å². The summed E-state index contributed by atoms with van der Waals surface area (Å²) >= 11 is 0. The molecule has 2 heterocycles. The maximum Gasteiger partial charge on any atom is 0.219 e. The molecule has 7 heteroatoms. The normalized spacial score (nSPS) is 17.5. The van der Waals surface area contributed by atoms with Gasteiger partial charge >= 0.3 is 0 Å². The zero-order valence-corrected chi connectivity index (χ0v) is 14.5. The summed E-state index contributed by atoms with van der Waals surface area (Å²) < 4.78 is 10.2. The van der Waals surface area contributed by atoms with Crippen molar-refractivity contribution in [3.8, 4) is 0 Å². The van der Waals surface area contributed by atoms with Gasteiger partial charge in [0.15, 0.2) is 0 Å². The fraction of sp³-hybridized carbons (Fsp3) is 0.857. The van der Waals surface area contributed by atoms with E-state index in [0.29, 0.717) is 13.2 Å². The Labute approximate surface area is 143 Å². The zero-order chi connectivity index (χ0) is 12.5. The minimum absolute atomic E-state index is 0. The Balaban J connectivity index is -0.000000116. The first-order chi connectivity index (χ1) is 8.24. The summed E-state index contributed by atoms with van der Waals surface area (Å²) in [5, 5.41) is 0. The number of carbonyl (C=O) groups is 1. The molecule has 6 nitrogen and oxygen atoms in total. The third-order valence-electron chi connectivity index (χ3n) is 3.01. The van der Waals surface area contributed by atoms with Crippen molar-refractivity contribution in [2.45, 2.75) is 21.3 Å². The predicted molar refractivity (Wildman–Crippen MR) is 82.8 cm³/mol. The van der Waals surface area contributed by atoms with Gasteiger partial charge < -0.3 is 27.3 Å². The number of morpholine rings is 2. The largest absolute Gasteiger partial charge is 0.412 e. The van der Waals surface area contributed by atoms with Gasteiger partial charge in [-0.25, -0.2) is 0 Å². The molecule has 0 bridgehead atoms. The van der Waals surface area contributed by atoms with Gasteiger partial charge in [0.2, 0.25) is 5.91 Å². The van der Waals surface area contributed by atoms with Crippen molar-refractivity contribution in [1.82, 2.24) is 9.80 Å². The van der Waals surface area contributed by atoms with Crippen LogP contribution in [0.3, 0.4) is 0 Å². The molecular formula is C14H33N2O4Rh-. The molecule has 0 atom stereocenters. The summed E-state index contributed by atoms with van der Waals surface area (Å²) in [5.41, 5.74) is 0. The van der Waals surface area contributed by atoms with Crippen molar-refractivity contribution in [3.05, 3.63) is 7.43 Å². The van der Waals surface area contributed by atoms with Crippen LogP contribution >= 0.6 is 0 Å². The van der Waals surface area contributed by atoms with Crippen LogP contribution in [0.25, 0.3) is 0 Å². The van der Waals surface area contributed by atoms with E-state index in [2.05, 4.69) is 11.8 Å². The number of nitrogens with zero attached hydrogens (tertiary/aromatic N) is 2. The summed E-state index contributed by atoms with van der Waals surface area (Å²) in [6.07, 6.45) is 0. The van der Waals surface area contributed by atoms with Crippen molar-refractivity contribution in [2.75, 3.05) is 59.2 Å². The molecule has 2 aliphatic rings. The van der Waals surface area contributed by atoms with E-state index in [1.165, 1.54) is 6.54 Å². The van der Waals surface area contributed by atoms with Gasteiger partial charge in [0.25, 0.3) is 0 Å². The van der Waals surface area contributed by atoms with Crippen LogP contribution in [0.15, 0.2) is 0 Å². The topological polar surface area (TPSA) is 73.5 Å². The standard InChI is InChI=1S/C6H11NO2.C6H13NO.CH4.CH3.H2O.Rh/c1-6(8)7-2-4-9-5-3-7;1-2-7-3-5-8-6-4-7;;;;/h2-5H2,1H3;2-6H2,1H3;1H4;1H3;1H2;/q;;;-1;;. The third-order valence-corrected chi connectivity index (χ3v) is 3.01. The molecular weight excluding hydrogens is 363 g/mol. The van der Waals surface area contributed by atoms with Crippen LogP contribution in [0.5, 0.6) is 0 Å². The number of hydrogen-bond acceptors (Lipinski definition) is 4. The van der Waals surface area contributed by atoms with E-state index in [9.17, 15) is 4.79 Å². The van der Waals surface area contributed by atoms with Gasteiger partial charge in [0, 0.05) is 52.6 Å². The zero-order valence-electron chi connectivity index (χ0n) is 12.8. The Hall–Kier alpha value is -0.0666. The molecule has 2 rings (SSSR count). The van der Waals surface area contributed by atoms with Gasteiger partial charge in [0.05, 0.1) is 26.4 Å². The fourth-order valence-corrected chi connectivity index (χ4v) is 1.80. The number of likely N-dealkylation sites (N-methyl/N-ethyl adjacent to an activating group) is 1. The van der Waals surface area contributed by atoms with Crippen molar-refractivity contribution < 1.29 is 39.2 Å². The Kier molecular flexibility index (Phi) is 24.8. The first-order valence-electron chi connectivity index (χ1n) is 6.37. The minimum atomic E-state index is 0. The molecule has 2 fully saturated rings. The number of carbonyl (C=O) groups excluding carboxylic acids is 1. The van der Waals surface area contributed by atoms with E-state index in [-0.39, 0.29) is 45.7 Å². The molecule has 1 amide bonds. The van der Waals surface area contributed by atoms with Crippen molar-refractivity contribution in [3.63, 3.8) is 0 Å². The number of amides is 1. The molecule has 2 N–H and O–H groups in total. The molecule has 133 valence electrons. The smallest absolute Gasteiger partial charge is 0.219 e. The van der Waals surface area contributed by atoms with Crippen LogP contribution < -0.4 is 0 Å². The average molecular weight is 396 g/mol. The first-order valence-corrected chi connectivity index (χ1v) is 6.37. The Morgan fingerprint density at radius 2 is 1.38 bits per heavy atom. The number of rotatable bonds is 1. The summed E-state index contributed by atoms with van der Waals surface area (Å²) in [6, 6.07) is 0. The van der Waals surface area contributed by atoms with Crippen molar-refractivity contribution in [1.29, 1.82) is 0 Å². The van der Waals surface area contributed by atoms with Gasteiger partial charge in [0.1, 0.15) is 0 Å². The Morgan fingerprint density at radius 3 is 1.62 bits per heavy atom. The maximum absolute atomic E-state index is 10.7. The van der Waals surface area contributed by atoms with E-state index in [0.717, 1.165) is 39.4 Å². The molecule has 0 aromatic heterocycles. The molecule has 2 aliphatic heterocycles. The molecule has 21 heavy (non-hydrogen) atoms. The van der Waals surface area contributed by atoms with Crippen LogP contribution in [0, 0.1) is 7.43 Å². The maximum atomic E-state index is 10.7. The second-order valence-electron chi connectivity index (χ2n) is 4.17. The van der Waals surface area contributed by atoms with Crippen LogP contribution in [0.1, 0.15) is 21.3 Å². The van der Waals surface area contributed by atoms with Gasteiger partial charge in [-0.1, -0.05) is 14.4 Å². The molecule has 2 saturated heterocycles. The van der Waals surface area contributed by atoms with Crippen LogP contribution in [-0.4, -0.2) is 80.3 Å². The van der Waals surface area contributed by atoms with E-state index >= 15 is 0 Å². The monoisotopic (exact) mass is 396 g/mol. The molecule has 0 spiro atoms. The van der Waals surface area contributed by atoms with E-state index in [1.54, 1.807) is 11.8 Å². The average Bonchev–Trinajstić information content (AvgIpc) is 2.41. The van der Waals surface area contributed by atoms with Gasteiger partial charge in [-0.15, -0.1) is 0 Å². The van der Waals surface area contributed by atoms with Gasteiger partial charge in [-0.3, -0.25) is 9.69 Å². The van der Waals surface area contributed by atoms with Gasteiger partial charge in [-0.2, -0.15) is 0 Å². The third kappa shape index (κ3) is 13.3. The van der Waals surface area contributed by atoms with Crippen molar-refractivity contribution in [2.24, 2.45) is 0 Å². The molecule has 0 unspecified atom stereocenters. The van der Waals surface area contributed by atoms with Crippen LogP contribution in [0.4, 0.5) is 0 Å². The number of hydrogen-bond donors (Lipinski definition) is 0. The van der Waals surface area contributed by atoms with Crippen LogP contribution in [-0.2, 0) is 33.7 Å². The summed E-state index contributed by atoms with van der Waals surface area (Å²) in [6.45, 7) is 11.9. The Morgan fingerprint density at radius 1 is 1.00 bits per heavy atom. The summed E-state index contributed by atoms with van der Waals surface area (Å²) in [7, 11) is 0. The SMILES string of the molecule is C.CC(=O)N1CCOCC1.CCN1CCOCC1.O.[CH3-].[Rh]. The predicted octanol–water partition coefficient (Wildman–Crippen LogP) is 0.463. The molecule has 0 aromatic rings. The Bertz CT molecular complexity index is 221. The quantitative estimate of drug-likeness (QED) is 0.477. The minimum Gasteiger partial charge on any atom is -0.412 e. The second kappa shape index (κ2) is 18.0. The van der Waals surface area contributed by atoms with E-state index in [1.807, 2.05) is 0 Å². The van der Waals surface area contributed by atoms with Gasteiger partial charge in [-0.05, 0) is 6.54 Å². The molecule has 1 radical (unpaired) electrons. The second-order valence-corrected chi connectivity index (χ2v) is 4.17. The van der Waals surface area contributed by atoms with Crippen molar-refractivity contribution >= 4 is 5.91 Å². The van der Waals surface area contributed by atoms with E-state index < -0.39 is 0 Å².